The second kappa shape index (κ2) is 73.9. The van der Waals surface area contributed by atoms with Crippen LogP contribution in [0.5, 0.6) is 0 Å². The van der Waals surface area contributed by atoms with E-state index in [1.165, 1.54) is 244 Å². The zero-order chi connectivity index (χ0) is 73.4. The molecule has 5 atom stereocenters. The normalized spacial score (nSPS) is 13.8. The zero-order valence-electron chi connectivity index (χ0n) is 65.3. The fourth-order valence-electron chi connectivity index (χ4n) is 12.6. The first kappa shape index (κ1) is 98.1. The monoisotopic (exact) mass is 1470 g/mol. The predicted octanol–water partition coefficient (Wildman–Crippen LogP) is 24.4. The summed E-state index contributed by atoms with van der Waals surface area (Å²) in [6.07, 6.45) is 65.4. The Morgan fingerprint density at radius 2 is 0.460 bits per heavy atom. The molecule has 0 fully saturated rings. The topological polar surface area (TPSA) is 237 Å². The average Bonchev–Trinajstić information content (AvgIpc) is 0.942. The van der Waals surface area contributed by atoms with E-state index in [0.717, 1.165) is 109 Å². The molecule has 17 nitrogen and oxygen atoms in total. The van der Waals surface area contributed by atoms with Crippen molar-refractivity contribution in [3.05, 3.63) is 0 Å². The molecule has 0 radical (unpaired) electrons. The fourth-order valence-corrected chi connectivity index (χ4v) is 14.2. The van der Waals surface area contributed by atoms with Crippen LogP contribution >= 0.6 is 15.6 Å². The van der Waals surface area contributed by atoms with E-state index in [2.05, 4.69) is 34.6 Å². The fraction of sp³-hybridized carbons (Fsp3) is 0.951. The highest BCUT2D eigenvalue weighted by atomic mass is 31.2. The third-order valence-electron chi connectivity index (χ3n) is 19.0. The molecule has 0 amide bonds. The van der Waals surface area contributed by atoms with Gasteiger partial charge in [0.15, 0.2) is 12.2 Å². The van der Waals surface area contributed by atoms with Crippen LogP contribution in [0, 0.1) is 5.92 Å². The average molecular weight is 1470 g/mol. The van der Waals surface area contributed by atoms with Crippen molar-refractivity contribution in [2.24, 2.45) is 5.92 Å². The minimum absolute atomic E-state index is 0.108. The van der Waals surface area contributed by atoms with Crippen LogP contribution in [0.3, 0.4) is 0 Å². The van der Waals surface area contributed by atoms with Gasteiger partial charge in [-0.15, -0.1) is 0 Å². The van der Waals surface area contributed by atoms with E-state index >= 15 is 0 Å². The zero-order valence-corrected chi connectivity index (χ0v) is 67.1. The molecule has 594 valence electrons. The van der Waals surface area contributed by atoms with Gasteiger partial charge in [-0.1, -0.05) is 381 Å². The minimum Gasteiger partial charge on any atom is -0.462 e. The van der Waals surface area contributed by atoms with Crippen LogP contribution in [0.25, 0.3) is 0 Å². The maximum absolute atomic E-state index is 13.1. The molecule has 0 aliphatic rings. The van der Waals surface area contributed by atoms with E-state index in [1.807, 2.05) is 0 Å². The molecule has 0 aromatic carbocycles. The van der Waals surface area contributed by atoms with Crippen molar-refractivity contribution in [1.82, 2.24) is 0 Å². The maximum atomic E-state index is 13.1. The van der Waals surface area contributed by atoms with E-state index < -0.39 is 97.5 Å². The Bertz CT molecular complexity index is 1910. The van der Waals surface area contributed by atoms with Gasteiger partial charge in [0.1, 0.15) is 19.3 Å². The molecule has 0 bridgehead atoms. The van der Waals surface area contributed by atoms with E-state index in [1.54, 1.807) is 0 Å². The molecule has 0 aliphatic carbocycles. The number of carbonyl (C=O) groups is 4. The smallest absolute Gasteiger partial charge is 0.462 e. The van der Waals surface area contributed by atoms with Gasteiger partial charge in [0.05, 0.1) is 26.4 Å². The van der Waals surface area contributed by atoms with Gasteiger partial charge in [-0.3, -0.25) is 37.3 Å². The molecular weight excluding hydrogens is 1310 g/mol. The van der Waals surface area contributed by atoms with Gasteiger partial charge in [-0.05, 0) is 31.6 Å². The van der Waals surface area contributed by atoms with Crippen LogP contribution < -0.4 is 0 Å². The number of ether oxygens (including phenoxy) is 4. The first-order valence-corrected chi connectivity index (χ1v) is 45.1. The molecule has 19 heteroatoms. The van der Waals surface area contributed by atoms with Crippen molar-refractivity contribution in [1.29, 1.82) is 0 Å². The molecule has 0 saturated carbocycles. The Labute approximate surface area is 613 Å². The lowest BCUT2D eigenvalue weighted by Gasteiger charge is -2.21. The second-order valence-electron chi connectivity index (χ2n) is 29.6. The molecule has 0 spiro atoms. The number of esters is 4. The van der Waals surface area contributed by atoms with E-state index in [-0.39, 0.29) is 25.7 Å². The van der Waals surface area contributed by atoms with Crippen LogP contribution in [-0.2, 0) is 65.4 Å². The van der Waals surface area contributed by atoms with Crippen molar-refractivity contribution < 1.29 is 80.2 Å². The Hall–Kier alpha value is -1.94. The summed E-state index contributed by atoms with van der Waals surface area (Å²) in [6, 6.07) is 0. The van der Waals surface area contributed by atoms with Gasteiger partial charge < -0.3 is 33.8 Å². The lowest BCUT2D eigenvalue weighted by atomic mass is 10.0. The molecule has 3 N–H and O–H groups in total. The summed E-state index contributed by atoms with van der Waals surface area (Å²) in [5.41, 5.74) is 0. The first-order chi connectivity index (χ1) is 48.5. The number of hydrogen-bond donors (Lipinski definition) is 3. The number of hydrogen-bond acceptors (Lipinski definition) is 15. The third kappa shape index (κ3) is 74.3. The van der Waals surface area contributed by atoms with E-state index in [0.29, 0.717) is 25.7 Å². The number of rotatable bonds is 81. The van der Waals surface area contributed by atoms with Gasteiger partial charge in [0.25, 0.3) is 0 Å². The summed E-state index contributed by atoms with van der Waals surface area (Å²) < 4.78 is 68.6. The minimum atomic E-state index is -4.96. The lowest BCUT2D eigenvalue weighted by molar-refractivity contribution is -0.161. The molecule has 0 aromatic rings. The molecule has 0 heterocycles. The lowest BCUT2D eigenvalue weighted by Crippen LogP contribution is -2.30. The van der Waals surface area contributed by atoms with Gasteiger partial charge >= 0.3 is 39.5 Å². The maximum Gasteiger partial charge on any atom is 0.472 e. The Kier molecular flexibility index (Phi) is 72.5. The molecule has 2 unspecified atom stereocenters. The number of aliphatic hydroxyl groups excluding tert-OH is 1. The Balaban J connectivity index is 5.17. The molecule has 0 rings (SSSR count). The highest BCUT2D eigenvalue weighted by Crippen LogP contribution is 2.45. The number of aliphatic hydroxyl groups is 1. The Morgan fingerprint density at radius 3 is 0.680 bits per heavy atom. The van der Waals surface area contributed by atoms with Gasteiger partial charge in [-0.2, -0.15) is 0 Å². The van der Waals surface area contributed by atoms with Crippen LogP contribution in [-0.4, -0.2) is 96.7 Å². The van der Waals surface area contributed by atoms with Gasteiger partial charge in [0.2, 0.25) is 0 Å². The van der Waals surface area contributed by atoms with Crippen molar-refractivity contribution in [3.63, 3.8) is 0 Å². The molecule has 0 aliphatic heterocycles. The molecular formula is C81H158O17P2. The van der Waals surface area contributed by atoms with Crippen molar-refractivity contribution in [2.45, 2.75) is 451 Å². The van der Waals surface area contributed by atoms with Crippen LogP contribution in [0.15, 0.2) is 0 Å². The highest BCUT2D eigenvalue weighted by Gasteiger charge is 2.30. The number of unbranched alkanes of at least 4 members (excludes halogenated alkanes) is 53. The van der Waals surface area contributed by atoms with E-state index in [9.17, 15) is 43.2 Å². The van der Waals surface area contributed by atoms with Crippen molar-refractivity contribution in [2.75, 3.05) is 39.6 Å². The summed E-state index contributed by atoms with van der Waals surface area (Å²) >= 11 is 0. The van der Waals surface area contributed by atoms with Gasteiger partial charge in [0, 0.05) is 25.7 Å². The SMILES string of the molecule is CCCCCCCCCCCCCCCCCCCCC(=O)OC[C@H](COP(=O)(O)OC[C@@H](O)COP(=O)(O)OC[C@@H](COC(=O)CCCCCCCCC)OC(=O)CCCCCCCCCCCCCCCC)OC(=O)CCCCCCCCCCCCCCCCCCCCC(C)C. The van der Waals surface area contributed by atoms with Crippen LogP contribution in [0.2, 0.25) is 0 Å². The quantitative estimate of drug-likeness (QED) is 0.0222. The van der Waals surface area contributed by atoms with Crippen molar-refractivity contribution >= 4 is 39.5 Å². The summed E-state index contributed by atoms with van der Waals surface area (Å²) in [4.78, 5) is 72.9. The standard InChI is InChI=1S/C81H158O17P2/c1-6-9-12-15-18-20-22-24-26-27-31-34-38-41-45-50-55-60-65-79(84)92-71-77(98-81(86)67-62-57-52-47-43-39-35-32-29-28-30-33-36-40-44-49-53-58-63-74(4)5)73-96-100(89,90)94-69-75(82)68-93-99(87,88)95-72-76(70-91-78(83)64-59-54-48-17-14-11-8-3)97-80(85)66-61-56-51-46-42-37-25-23-21-19-16-13-10-7-2/h74-77,82H,6-73H2,1-5H3,(H,87,88)(H,89,90)/t75-,76+,77+/m0/s1. The van der Waals surface area contributed by atoms with E-state index in [4.69, 9.17) is 37.0 Å². The predicted molar refractivity (Wildman–Crippen MR) is 409 cm³/mol. The third-order valence-corrected chi connectivity index (χ3v) is 20.9. The summed E-state index contributed by atoms with van der Waals surface area (Å²) in [6.45, 7) is 7.33. The highest BCUT2D eigenvalue weighted by molar-refractivity contribution is 7.47. The first-order valence-electron chi connectivity index (χ1n) is 42.1. The largest absolute Gasteiger partial charge is 0.472 e. The summed E-state index contributed by atoms with van der Waals surface area (Å²) in [7, 11) is -9.91. The number of phosphoric ester groups is 2. The van der Waals surface area contributed by atoms with Crippen molar-refractivity contribution in [3.8, 4) is 0 Å². The Morgan fingerprint density at radius 1 is 0.270 bits per heavy atom. The van der Waals surface area contributed by atoms with Crippen LogP contribution in [0.4, 0.5) is 0 Å². The second-order valence-corrected chi connectivity index (χ2v) is 32.5. The van der Waals surface area contributed by atoms with Crippen LogP contribution in [0.1, 0.15) is 433 Å². The molecule has 0 saturated heterocycles. The summed E-state index contributed by atoms with van der Waals surface area (Å²) in [5.74, 6) is -1.29. The van der Waals surface area contributed by atoms with Gasteiger partial charge in [-0.25, -0.2) is 9.13 Å². The molecule has 0 aromatic heterocycles. The molecule has 100 heavy (non-hydrogen) atoms. The summed E-state index contributed by atoms with van der Waals surface area (Å²) in [5, 5.41) is 10.6. The number of phosphoric acid groups is 2. The number of carbonyl (C=O) groups excluding carboxylic acids is 4.